The molecule has 1 heterocycles. The highest BCUT2D eigenvalue weighted by Crippen LogP contribution is 2.37. The number of fused-ring (bicyclic) bond motifs is 1. The molecule has 0 aromatic heterocycles. The maximum absolute atomic E-state index is 12.6. The molecule has 2 amide bonds. The second-order valence-electron chi connectivity index (χ2n) is 6.48. The predicted molar refractivity (Wildman–Crippen MR) is 91.3 cm³/mol. The molecule has 3 atom stereocenters. The van der Waals surface area contributed by atoms with E-state index >= 15 is 0 Å². The number of carbonyl (C=O) groups is 2. The first kappa shape index (κ1) is 17.8. The smallest absolute Gasteiger partial charge is 0.253 e. The van der Waals surface area contributed by atoms with Crippen LogP contribution in [0.5, 0.6) is 0 Å². The lowest BCUT2D eigenvalue weighted by molar-refractivity contribution is -0.119. The van der Waals surface area contributed by atoms with Gasteiger partial charge in [0.05, 0.1) is 0 Å². The van der Waals surface area contributed by atoms with E-state index in [-0.39, 0.29) is 30.3 Å². The van der Waals surface area contributed by atoms with Crippen LogP contribution in [0.15, 0.2) is 24.3 Å². The summed E-state index contributed by atoms with van der Waals surface area (Å²) in [5, 5.41) is 2.75. The van der Waals surface area contributed by atoms with E-state index in [9.17, 15) is 9.59 Å². The van der Waals surface area contributed by atoms with Gasteiger partial charge < -0.3 is 16.0 Å². The van der Waals surface area contributed by atoms with Crippen LogP contribution in [-0.2, 0) is 11.3 Å². The van der Waals surface area contributed by atoms with E-state index in [2.05, 4.69) is 5.32 Å². The van der Waals surface area contributed by atoms with Gasteiger partial charge in [0.15, 0.2) is 0 Å². The van der Waals surface area contributed by atoms with Crippen molar-refractivity contribution in [2.45, 2.75) is 32.4 Å². The fraction of sp³-hybridized carbons (Fsp3) is 0.529. The molecule has 1 aromatic rings. The van der Waals surface area contributed by atoms with E-state index in [4.69, 9.17) is 5.73 Å². The van der Waals surface area contributed by atoms with Crippen LogP contribution < -0.4 is 11.1 Å². The van der Waals surface area contributed by atoms with E-state index in [1.54, 1.807) is 0 Å². The van der Waals surface area contributed by atoms with Crippen LogP contribution in [0.1, 0.15) is 35.7 Å². The number of hydrogen-bond donors (Lipinski definition) is 2. The third kappa shape index (κ3) is 3.85. The third-order valence-electron chi connectivity index (χ3n) is 4.94. The van der Waals surface area contributed by atoms with Gasteiger partial charge in [-0.05, 0) is 42.4 Å². The largest absolute Gasteiger partial charge is 0.352 e. The Bertz CT molecular complexity index is 576. The number of benzene rings is 1. The van der Waals surface area contributed by atoms with Gasteiger partial charge in [-0.3, -0.25) is 9.59 Å². The van der Waals surface area contributed by atoms with Crippen molar-refractivity contribution in [3.63, 3.8) is 0 Å². The zero-order chi connectivity index (χ0) is 15.7. The lowest BCUT2D eigenvalue weighted by Gasteiger charge is -2.19. The van der Waals surface area contributed by atoms with Crippen molar-refractivity contribution >= 4 is 24.2 Å². The van der Waals surface area contributed by atoms with Gasteiger partial charge in [0.1, 0.15) is 0 Å². The number of nitrogens with one attached hydrogen (secondary N) is 1. The van der Waals surface area contributed by atoms with Crippen LogP contribution in [0.2, 0.25) is 0 Å². The van der Waals surface area contributed by atoms with Crippen LogP contribution >= 0.6 is 12.4 Å². The molecule has 0 spiro atoms. The van der Waals surface area contributed by atoms with Crippen molar-refractivity contribution in [2.24, 2.45) is 17.6 Å². The summed E-state index contributed by atoms with van der Waals surface area (Å²) in [6.07, 6.45) is 2.24. The molecule has 2 fully saturated rings. The Morgan fingerprint density at radius 1 is 1.22 bits per heavy atom. The van der Waals surface area contributed by atoms with Gasteiger partial charge in [0, 0.05) is 38.2 Å². The Balaban J connectivity index is 0.00000192. The number of rotatable bonds is 3. The fourth-order valence-electron chi connectivity index (χ4n) is 3.65. The van der Waals surface area contributed by atoms with Crippen LogP contribution in [0, 0.1) is 11.8 Å². The Morgan fingerprint density at radius 2 is 1.91 bits per heavy atom. The van der Waals surface area contributed by atoms with Crippen LogP contribution in [0.4, 0.5) is 0 Å². The van der Waals surface area contributed by atoms with E-state index in [1.807, 2.05) is 29.2 Å². The van der Waals surface area contributed by atoms with Gasteiger partial charge in [0.2, 0.25) is 5.91 Å². The number of carbonyl (C=O) groups excluding carboxylic acids is 2. The van der Waals surface area contributed by atoms with Crippen LogP contribution in [0.25, 0.3) is 0 Å². The van der Waals surface area contributed by atoms with Crippen molar-refractivity contribution in [1.82, 2.24) is 10.2 Å². The van der Waals surface area contributed by atoms with Crippen molar-refractivity contribution in [3.05, 3.63) is 35.4 Å². The molecule has 2 aliphatic rings. The highest BCUT2D eigenvalue weighted by molar-refractivity contribution is 5.94. The van der Waals surface area contributed by atoms with E-state index in [0.29, 0.717) is 23.9 Å². The summed E-state index contributed by atoms with van der Waals surface area (Å²) in [6.45, 7) is 3.61. The summed E-state index contributed by atoms with van der Waals surface area (Å²) >= 11 is 0. The predicted octanol–water partition coefficient (Wildman–Crippen LogP) is 1.55. The first-order valence-electron chi connectivity index (χ1n) is 7.93. The SMILES string of the molecule is CC(=O)NCc1ccc(C(=O)N2CC3CCC(N)C3C2)cc1.Cl. The minimum atomic E-state index is -0.0555. The molecule has 6 heteroatoms. The fourth-order valence-corrected chi connectivity index (χ4v) is 3.65. The summed E-state index contributed by atoms with van der Waals surface area (Å²) in [7, 11) is 0. The average Bonchev–Trinajstić information content (AvgIpc) is 3.07. The van der Waals surface area contributed by atoms with Crippen LogP contribution in [-0.4, -0.2) is 35.8 Å². The number of nitrogens with two attached hydrogens (primary N) is 1. The van der Waals surface area contributed by atoms with E-state index < -0.39 is 0 Å². The molecule has 3 N–H and O–H groups in total. The third-order valence-corrected chi connectivity index (χ3v) is 4.94. The highest BCUT2D eigenvalue weighted by Gasteiger charge is 2.42. The lowest BCUT2D eigenvalue weighted by atomic mass is 9.98. The topological polar surface area (TPSA) is 75.4 Å². The Labute approximate surface area is 143 Å². The number of amides is 2. The molecule has 1 aliphatic carbocycles. The van der Waals surface area contributed by atoms with E-state index in [1.165, 1.54) is 6.92 Å². The lowest BCUT2D eigenvalue weighted by Crippen LogP contribution is -2.33. The minimum Gasteiger partial charge on any atom is -0.352 e. The normalized spacial score (nSPS) is 25.7. The molecule has 1 aromatic carbocycles. The van der Waals surface area contributed by atoms with E-state index in [0.717, 1.165) is 31.5 Å². The quantitative estimate of drug-likeness (QED) is 0.878. The van der Waals surface area contributed by atoms with Crippen LogP contribution in [0.3, 0.4) is 0 Å². The van der Waals surface area contributed by atoms with Gasteiger partial charge >= 0.3 is 0 Å². The maximum atomic E-state index is 12.6. The summed E-state index contributed by atoms with van der Waals surface area (Å²) < 4.78 is 0. The summed E-state index contributed by atoms with van der Waals surface area (Å²) in [5.74, 6) is 1.09. The molecule has 3 unspecified atom stereocenters. The number of hydrogen-bond acceptors (Lipinski definition) is 3. The molecule has 0 bridgehead atoms. The zero-order valence-corrected chi connectivity index (χ0v) is 14.1. The Hall–Kier alpha value is -1.59. The monoisotopic (exact) mass is 337 g/mol. The van der Waals surface area contributed by atoms with Gasteiger partial charge in [-0.1, -0.05) is 12.1 Å². The Morgan fingerprint density at radius 3 is 2.52 bits per heavy atom. The zero-order valence-electron chi connectivity index (χ0n) is 13.3. The summed E-state index contributed by atoms with van der Waals surface area (Å²) in [4.78, 5) is 25.4. The second kappa shape index (κ2) is 7.32. The molecule has 126 valence electrons. The second-order valence-corrected chi connectivity index (χ2v) is 6.48. The number of likely N-dealkylation sites (tertiary alicyclic amines) is 1. The maximum Gasteiger partial charge on any atom is 0.253 e. The van der Waals surface area contributed by atoms with Crippen molar-refractivity contribution in [1.29, 1.82) is 0 Å². The first-order chi connectivity index (χ1) is 10.5. The standard InChI is InChI=1S/C17H23N3O2.ClH/c1-11(21)19-8-12-2-4-13(5-3-12)17(22)20-9-14-6-7-16(18)15(14)10-20;/h2-5,14-16H,6-10,18H2,1H3,(H,19,21);1H. The van der Waals surface area contributed by atoms with Crippen molar-refractivity contribution < 1.29 is 9.59 Å². The summed E-state index contributed by atoms with van der Waals surface area (Å²) in [6, 6.07) is 7.72. The Kier molecular flexibility index (Phi) is 5.65. The van der Waals surface area contributed by atoms with Gasteiger partial charge in [-0.25, -0.2) is 0 Å². The first-order valence-corrected chi connectivity index (χ1v) is 7.93. The molecule has 1 saturated carbocycles. The molecule has 1 saturated heterocycles. The van der Waals surface area contributed by atoms with Crippen molar-refractivity contribution in [2.75, 3.05) is 13.1 Å². The molecular weight excluding hydrogens is 314 g/mol. The molecular formula is C17H24ClN3O2. The van der Waals surface area contributed by atoms with Crippen molar-refractivity contribution in [3.8, 4) is 0 Å². The molecule has 23 heavy (non-hydrogen) atoms. The minimum absolute atomic E-state index is 0. The average molecular weight is 338 g/mol. The summed E-state index contributed by atoms with van der Waals surface area (Å²) in [5.41, 5.74) is 7.83. The molecule has 1 aliphatic heterocycles. The van der Waals surface area contributed by atoms with Gasteiger partial charge in [-0.15, -0.1) is 12.4 Å². The van der Waals surface area contributed by atoms with Gasteiger partial charge in [-0.2, -0.15) is 0 Å². The van der Waals surface area contributed by atoms with Gasteiger partial charge in [0.25, 0.3) is 5.91 Å². The molecule has 5 nitrogen and oxygen atoms in total. The number of halogens is 1. The number of nitrogens with zero attached hydrogens (tertiary/aromatic N) is 1. The highest BCUT2D eigenvalue weighted by atomic mass is 35.5. The molecule has 3 rings (SSSR count). The molecule has 0 radical (unpaired) electrons.